The van der Waals surface area contributed by atoms with E-state index in [9.17, 15) is 9.59 Å². The number of Topliss-reactive ketones (excluding diaryl/α,β-unsaturated/α-hetero) is 1. The Hall–Kier alpha value is -2.14. The number of carbonyl (C=O) groups is 2. The molecule has 5 heteroatoms. The standard InChI is InChI=1S/C19H19BrO4/c1-3-11-23-18-10-7-14(12-16(18)20)19(22)24-15-8-5-13(6-9-15)17(21)4-2/h5-10,12H,3-4,11H2,1-2H3. The molecule has 0 unspecified atom stereocenters. The number of ketones is 1. The highest BCUT2D eigenvalue weighted by Gasteiger charge is 2.12. The second-order valence-corrected chi connectivity index (χ2v) is 6.04. The van der Waals surface area contributed by atoms with Crippen molar-refractivity contribution in [3.05, 3.63) is 58.1 Å². The summed E-state index contributed by atoms with van der Waals surface area (Å²) in [5.41, 5.74) is 1.02. The Morgan fingerprint density at radius 2 is 1.67 bits per heavy atom. The van der Waals surface area contributed by atoms with Gasteiger partial charge in [0.2, 0.25) is 0 Å². The fourth-order valence-electron chi connectivity index (χ4n) is 2.04. The molecule has 2 aromatic rings. The highest BCUT2D eigenvalue weighted by Crippen LogP contribution is 2.27. The molecular formula is C19H19BrO4. The fourth-order valence-corrected chi connectivity index (χ4v) is 2.53. The molecular weight excluding hydrogens is 372 g/mol. The number of hydrogen-bond acceptors (Lipinski definition) is 4. The lowest BCUT2D eigenvalue weighted by atomic mass is 10.1. The average molecular weight is 391 g/mol. The first-order valence-corrected chi connectivity index (χ1v) is 8.62. The van der Waals surface area contributed by atoms with E-state index in [0.29, 0.717) is 40.1 Å². The molecule has 0 saturated carbocycles. The maximum atomic E-state index is 12.2. The van der Waals surface area contributed by atoms with Crippen LogP contribution >= 0.6 is 15.9 Å². The van der Waals surface area contributed by atoms with Crippen LogP contribution in [0, 0.1) is 0 Å². The fraction of sp³-hybridized carbons (Fsp3) is 0.263. The van der Waals surface area contributed by atoms with Gasteiger partial charge in [-0.1, -0.05) is 13.8 Å². The van der Waals surface area contributed by atoms with E-state index in [1.807, 2.05) is 13.8 Å². The molecule has 0 amide bonds. The van der Waals surface area contributed by atoms with Crippen molar-refractivity contribution in [2.75, 3.05) is 6.61 Å². The van der Waals surface area contributed by atoms with E-state index in [2.05, 4.69) is 15.9 Å². The Labute approximate surface area is 149 Å². The summed E-state index contributed by atoms with van der Waals surface area (Å²) in [7, 11) is 0. The molecule has 0 heterocycles. The summed E-state index contributed by atoms with van der Waals surface area (Å²) in [5.74, 6) is 0.678. The smallest absolute Gasteiger partial charge is 0.343 e. The third kappa shape index (κ3) is 4.68. The Morgan fingerprint density at radius 1 is 1.00 bits per heavy atom. The number of ether oxygens (including phenoxy) is 2. The zero-order valence-corrected chi connectivity index (χ0v) is 15.3. The van der Waals surface area contributed by atoms with Gasteiger partial charge in [0.1, 0.15) is 11.5 Å². The largest absolute Gasteiger partial charge is 0.492 e. The van der Waals surface area contributed by atoms with Crippen molar-refractivity contribution in [2.24, 2.45) is 0 Å². The van der Waals surface area contributed by atoms with Crippen molar-refractivity contribution >= 4 is 27.7 Å². The van der Waals surface area contributed by atoms with Gasteiger partial charge in [0, 0.05) is 12.0 Å². The molecule has 0 N–H and O–H groups in total. The van der Waals surface area contributed by atoms with Gasteiger partial charge in [0.25, 0.3) is 0 Å². The zero-order chi connectivity index (χ0) is 17.5. The normalized spacial score (nSPS) is 10.3. The molecule has 0 aliphatic rings. The summed E-state index contributed by atoms with van der Waals surface area (Å²) in [6, 6.07) is 11.6. The van der Waals surface area contributed by atoms with Crippen LogP contribution in [0.1, 0.15) is 47.4 Å². The molecule has 0 fully saturated rings. The Balaban J connectivity index is 2.06. The van der Waals surface area contributed by atoms with Crippen LogP contribution in [0.3, 0.4) is 0 Å². The average Bonchev–Trinajstić information content (AvgIpc) is 2.60. The molecule has 126 valence electrons. The zero-order valence-electron chi connectivity index (χ0n) is 13.7. The van der Waals surface area contributed by atoms with Crippen molar-refractivity contribution in [3.63, 3.8) is 0 Å². The predicted molar refractivity (Wildman–Crippen MR) is 96.0 cm³/mol. The van der Waals surface area contributed by atoms with Crippen molar-refractivity contribution in [2.45, 2.75) is 26.7 Å². The van der Waals surface area contributed by atoms with Gasteiger partial charge in [-0.2, -0.15) is 0 Å². The number of halogens is 1. The molecule has 0 aliphatic carbocycles. The lowest BCUT2D eigenvalue weighted by Gasteiger charge is -2.09. The molecule has 0 spiro atoms. The van der Waals surface area contributed by atoms with Crippen LogP contribution in [0.25, 0.3) is 0 Å². The summed E-state index contributed by atoms with van der Waals surface area (Å²) in [4.78, 5) is 23.8. The molecule has 2 rings (SSSR count). The topological polar surface area (TPSA) is 52.6 Å². The second-order valence-electron chi connectivity index (χ2n) is 5.18. The summed E-state index contributed by atoms with van der Waals surface area (Å²) in [6.45, 7) is 4.45. The second kappa shape index (κ2) is 8.64. The first kappa shape index (κ1) is 18.2. The first-order valence-electron chi connectivity index (χ1n) is 7.83. The van der Waals surface area contributed by atoms with Crippen LogP contribution in [-0.4, -0.2) is 18.4 Å². The summed E-state index contributed by atoms with van der Waals surface area (Å²) < 4.78 is 11.6. The Bertz CT molecular complexity index is 723. The maximum absolute atomic E-state index is 12.2. The van der Waals surface area contributed by atoms with Gasteiger partial charge in [0.15, 0.2) is 5.78 Å². The third-order valence-corrected chi connectivity index (χ3v) is 3.96. The number of esters is 1. The van der Waals surface area contributed by atoms with Gasteiger partial charge < -0.3 is 9.47 Å². The quantitative estimate of drug-likeness (QED) is 0.377. The molecule has 2 aromatic carbocycles. The van der Waals surface area contributed by atoms with Crippen molar-refractivity contribution in [1.29, 1.82) is 0 Å². The highest BCUT2D eigenvalue weighted by atomic mass is 79.9. The van der Waals surface area contributed by atoms with E-state index in [1.165, 1.54) is 0 Å². The number of benzene rings is 2. The van der Waals surface area contributed by atoms with Crippen molar-refractivity contribution < 1.29 is 19.1 Å². The lowest BCUT2D eigenvalue weighted by molar-refractivity contribution is 0.0734. The molecule has 0 saturated heterocycles. The van der Waals surface area contributed by atoms with Crippen LogP contribution in [0.15, 0.2) is 46.9 Å². The minimum atomic E-state index is -0.465. The van der Waals surface area contributed by atoms with Gasteiger partial charge in [0.05, 0.1) is 16.6 Å². The summed E-state index contributed by atoms with van der Waals surface area (Å²) in [5, 5.41) is 0. The van der Waals surface area contributed by atoms with E-state index in [4.69, 9.17) is 9.47 Å². The lowest BCUT2D eigenvalue weighted by Crippen LogP contribution is -2.09. The maximum Gasteiger partial charge on any atom is 0.343 e. The molecule has 24 heavy (non-hydrogen) atoms. The van der Waals surface area contributed by atoms with Gasteiger partial charge in [-0.3, -0.25) is 4.79 Å². The number of rotatable bonds is 7. The highest BCUT2D eigenvalue weighted by molar-refractivity contribution is 9.10. The summed E-state index contributed by atoms with van der Waals surface area (Å²) in [6.07, 6.45) is 1.35. The predicted octanol–water partition coefficient (Wildman–Crippen LogP) is 5.05. The Kier molecular flexibility index (Phi) is 6.55. The van der Waals surface area contributed by atoms with Gasteiger partial charge >= 0.3 is 5.97 Å². The van der Waals surface area contributed by atoms with Crippen molar-refractivity contribution in [3.8, 4) is 11.5 Å². The van der Waals surface area contributed by atoms with E-state index < -0.39 is 5.97 Å². The SMILES string of the molecule is CCCOc1ccc(C(=O)Oc2ccc(C(=O)CC)cc2)cc1Br. The molecule has 0 bridgehead atoms. The first-order chi connectivity index (χ1) is 11.5. The minimum Gasteiger partial charge on any atom is -0.492 e. The molecule has 0 aromatic heterocycles. The molecule has 4 nitrogen and oxygen atoms in total. The van der Waals surface area contributed by atoms with Crippen LogP contribution in [-0.2, 0) is 0 Å². The number of carbonyl (C=O) groups excluding carboxylic acids is 2. The van der Waals surface area contributed by atoms with Crippen LogP contribution in [0.2, 0.25) is 0 Å². The van der Waals surface area contributed by atoms with Gasteiger partial charge in [-0.25, -0.2) is 4.79 Å². The van der Waals surface area contributed by atoms with Crippen LogP contribution in [0.4, 0.5) is 0 Å². The summed E-state index contributed by atoms with van der Waals surface area (Å²) >= 11 is 3.39. The molecule has 0 atom stereocenters. The molecule has 0 aliphatic heterocycles. The molecule has 0 radical (unpaired) electrons. The number of hydrogen-bond donors (Lipinski definition) is 0. The van der Waals surface area contributed by atoms with Gasteiger partial charge in [-0.15, -0.1) is 0 Å². The van der Waals surface area contributed by atoms with Crippen LogP contribution < -0.4 is 9.47 Å². The Morgan fingerprint density at radius 3 is 2.25 bits per heavy atom. The monoisotopic (exact) mass is 390 g/mol. The van der Waals surface area contributed by atoms with Crippen molar-refractivity contribution in [1.82, 2.24) is 0 Å². The minimum absolute atomic E-state index is 0.0551. The van der Waals surface area contributed by atoms with Gasteiger partial charge in [-0.05, 0) is 64.8 Å². The van der Waals surface area contributed by atoms with E-state index in [-0.39, 0.29) is 5.78 Å². The van der Waals surface area contributed by atoms with E-state index in [0.717, 1.165) is 6.42 Å². The van der Waals surface area contributed by atoms with E-state index >= 15 is 0 Å². The van der Waals surface area contributed by atoms with Crippen LogP contribution in [0.5, 0.6) is 11.5 Å². The van der Waals surface area contributed by atoms with E-state index in [1.54, 1.807) is 42.5 Å². The third-order valence-electron chi connectivity index (χ3n) is 3.34.